The van der Waals surface area contributed by atoms with Crippen molar-refractivity contribution in [2.24, 2.45) is 5.73 Å². The third-order valence-electron chi connectivity index (χ3n) is 11.2. The number of aliphatic hydroxyl groups excluding tert-OH is 4. The van der Waals surface area contributed by atoms with Crippen LogP contribution >= 0.6 is 0 Å². The Morgan fingerprint density at radius 1 is 0.613 bits per heavy atom. The Hall–Kier alpha value is -5.48. The summed E-state index contributed by atoms with van der Waals surface area (Å²) in [5, 5.41) is 96.5. The number of carbonyl (C=O) groups is 12. The Labute approximate surface area is 428 Å². The molecule has 13 N–H and O–H groups in total. The summed E-state index contributed by atoms with van der Waals surface area (Å²) < 4.78 is 29.1. The number of hydrogen-bond donors (Lipinski definition) is 12. The second kappa shape index (κ2) is 30.3. The summed E-state index contributed by atoms with van der Waals surface area (Å²) in [5.74, 6) is -9.97. The molecular weight excluding hydrogens is 1020 g/mol. The fourth-order valence-corrected chi connectivity index (χ4v) is 7.73. The quantitative estimate of drug-likeness (QED) is 0.0424. The minimum atomic E-state index is -2.53. The third-order valence-corrected chi connectivity index (χ3v) is 11.2. The van der Waals surface area contributed by atoms with Crippen LogP contribution in [0.25, 0.3) is 0 Å². The summed E-state index contributed by atoms with van der Waals surface area (Å²) in [5.41, 5.74) is -2.93. The highest BCUT2D eigenvalue weighted by atomic mass is 16.6. The smallest absolute Gasteiger partial charge is 0.346 e. The molecule has 0 spiro atoms. The molecule has 4 saturated heterocycles. The molecule has 30 heteroatoms. The fourth-order valence-electron chi connectivity index (χ4n) is 7.73. The van der Waals surface area contributed by atoms with E-state index in [-0.39, 0.29) is 37.1 Å². The molecule has 0 bridgehead atoms. The normalized spacial score (nSPS) is 29.8. The zero-order valence-corrected chi connectivity index (χ0v) is 42.7. The number of carbonyl (C=O) groups excluding carboxylic acids is 10. The van der Waals surface area contributed by atoms with Gasteiger partial charge in [-0.3, -0.25) is 38.4 Å². The summed E-state index contributed by atoms with van der Waals surface area (Å²) in [7, 11) is 2.77. The first-order valence-corrected chi connectivity index (χ1v) is 22.7. The molecule has 0 saturated carbocycles. The zero-order chi connectivity index (χ0) is 58.7. The number of methoxy groups -OCH3 is 2. The molecule has 4 fully saturated rings. The minimum absolute atomic E-state index is 0.174. The van der Waals surface area contributed by atoms with Gasteiger partial charge in [0.05, 0.1) is 56.8 Å². The van der Waals surface area contributed by atoms with E-state index in [2.05, 4.69) is 14.8 Å². The highest BCUT2D eigenvalue weighted by Crippen LogP contribution is 2.27. The number of nitrogens with one attached hydrogen (secondary N) is 1. The Kier molecular flexibility index (Phi) is 28.1. The molecule has 0 aromatic carbocycles. The lowest BCUT2D eigenvalue weighted by Gasteiger charge is -2.43. The van der Waals surface area contributed by atoms with Gasteiger partial charge in [-0.15, -0.1) is 0 Å². The first-order valence-electron chi connectivity index (χ1n) is 22.7. The number of Topliss-reactive ketones (excluding diaryl/α,β-unsaturated/α-hetero) is 5. The Morgan fingerprint density at radius 2 is 0.947 bits per heavy atom. The van der Waals surface area contributed by atoms with Gasteiger partial charge in [0.15, 0.2) is 22.4 Å². The number of aliphatic carboxylic acids is 2. The Balaban J connectivity index is 0.000000950. The molecule has 1 amide bonds. The Morgan fingerprint density at radius 3 is 1.23 bits per heavy atom. The van der Waals surface area contributed by atoms with Crippen LogP contribution in [0.15, 0.2) is 0 Å². The predicted molar refractivity (Wildman–Crippen MR) is 244 cm³/mol. The second-order valence-corrected chi connectivity index (χ2v) is 18.4. The molecule has 30 nitrogen and oxygen atoms in total. The Bertz CT molecular complexity index is 2010. The number of esters is 4. The maximum absolute atomic E-state index is 12.1. The number of carboxylic acid groups (broad SMARTS) is 2. The molecule has 4 aliphatic heterocycles. The number of ether oxygens (including phenoxy) is 6. The molecule has 13 unspecified atom stereocenters. The summed E-state index contributed by atoms with van der Waals surface area (Å²) in [6, 6.07) is -1.41. The zero-order valence-electron chi connectivity index (χ0n) is 42.7. The van der Waals surface area contributed by atoms with Crippen LogP contribution in [0.4, 0.5) is 0 Å². The highest BCUT2D eigenvalue weighted by Gasteiger charge is 2.50. The van der Waals surface area contributed by atoms with Crippen molar-refractivity contribution in [1.29, 1.82) is 0 Å². The maximum Gasteiger partial charge on any atom is 0.346 e. The van der Waals surface area contributed by atoms with E-state index >= 15 is 0 Å². The van der Waals surface area contributed by atoms with Crippen LogP contribution in [0.2, 0.25) is 0 Å². The van der Waals surface area contributed by atoms with Gasteiger partial charge in [0, 0.05) is 46.3 Å². The van der Waals surface area contributed by atoms with E-state index in [9.17, 15) is 93.3 Å². The van der Waals surface area contributed by atoms with Gasteiger partial charge in [-0.25, -0.2) is 19.2 Å². The van der Waals surface area contributed by atoms with Crippen LogP contribution in [-0.2, 0) is 86.0 Å². The van der Waals surface area contributed by atoms with E-state index in [1.54, 1.807) is 13.8 Å². The number of aliphatic hydroxyl groups is 8. The van der Waals surface area contributed by atoms with Crippen molar-refractivity contribution in [2.45, 2.75) is 183 Å². The molecule has 4 heterocycles. The van der Waals surface area contributed by atoms with Gasteiger partial charge in [-0.1, -0.05) is 0 Å². The van der Waals surface area contributed by atoms with Crippen molar-refractivity contribution in [2.75, 3.05) is 27.4 Å². The molecule has 75 heavy (non-hydrogen) atoms. The molecule has 4 rings (SSSR count). The van der Waals surface area contributed by atoms with Crippen LogP contribution < -0.4 is 11.1 Å². The largest absolute Gasteiger partial charge is 0.479 e. The van der Waals surface area contributed by atoms with Gasteiger partial charge in [-0.2, -0.15) is 0 Å². The van der Waals surface area contributed by atoms with Gasteiger partial charge in [-0.05, 0) is 48.5 Å². The molecular formula is C45H70N2O28. The van der Waals surface area contributed by atoms with Crippen LogP contribution in [0, 0.1) is 0 Å². The lowest BCUT2D eigenvalue weighted by Crippen LogP contribution is -2.64. The summed E-state index contributed by atoms with van der Waals surface area (Å²) >= 11 is 0. The summed E-state index contributed by atoms with van der Waals surface area (Å²) in [4.78, 5) is 130. The van der Waals surface area contributed by atoms with Crippen molar-refractivity contribution in [3.63, 3.8) is 0 Å². The highest BCUT2D eigenvalue weighted by molar-refractivity contribution is 6.02. The molecule has 13 atom stereocenters. The molecule has 0 aromatic rings. The predicted octanol–water partition coefficient (Wildman–Crippen LogP) is -5.62. The number of nitrogens with two attached hydrogens (primary N) is 1. The first kappa shape index (κ1) is 69.5. The van der Waals surface area contributed by atoms with Gasteiger partial charge >= 0.3 is 35.8 Å². The van der Waals surface area contributed by atoms with Gasteiger partial charge in [0.2, 0.25) is 5.91 Å². The third kappa shape index (κ3) is 21.6. The first-order chi connectivity index (χ1) is 34.3. The lowest BCUT2D eigenvalue weighted by molar-refractivity contribution is -0.200. The molecule has 0 aliphatic carbocycles. The van der Waals surface area contributed by atoms with Crippen LogP contribution in [-0.4, -0.2) is 232 Å². The molecule has 0 radical (unpaired) electrons. The number of hydrogen-bond acceptors (Lipinski definition) is 27. The monoisotopic (exact) mass is 1090 g/mol. The van der Waals surface area contributed by atoms with Crippen LogP contribution in [0.1, 0.15) is 99.8 Å². The van der Waals surface area contributed by atoms with Crippen LogP contribution in [0.5, 0.6) is 0 Å². The van der Waals surface area contributed by atoms with E-state index in [1.807, 2.05) is 0 Å². The van der Waals surface area contributed by atoms with Crippen molar-refractivity contribution in [3.8, 4) is 0 Å². The lowest BCUT2D eigenvalue weighted by atomic mass is 9.91. The standard InChI is InChI=1S/C15H25NO9.C8H17NO4.C8H12O5.2C7H8O5/c1-7(18)4-15(23,14(21)22)5-10(19)16-11-8(2)25-9(6-17)13(24-3)12(11)20;1-4-6(9)7(11)8(12-2)5(3-10)13-4;1-5(9)3-8(13,7(11)12)4-6(2)10;2*1-4(8)2-7(11)3-5(9)12-6(7)10/h8-9,11-13,17,20,23H,4-6H2,1-3H3,(H,16,19)(H,21,22);4-8,10-11H,3,9H2,1-2H3;13H,3-4H2,1-2H3,(H,11,12);2*11H,2-3H2,1H3. The van der Waals surface area contributed by atoms with E-state index in [0.717, 1.165) is 20.8 Å². The number of amides is 1. The van der Waals surface area contributed by atoms with Crippen molar-refractivity contribution >= 4 is 70.6 Å². The SMILES string of the molecule is CC(=O)CC(O)(CC(C)=O)C(=O)O.CC(=O)CC1(O)CC(=O)OC1=O.CC(=O)CC1(O)CC(=O)OC1=O.COC1C(CO)OC(C)C(N)C1O.COC1C(CO)OC(C)C(NC(=O)CC(O)(CC(C)=O)C(=O)O)C1O. The van der Waals surface area contributed by atoms with Gasteiger partial charge in [0.1, 0.15) is 65.5 Å². The van der Waals surface area contributed by atoms with Gasteiger partial charge in [0.25, 0.3) is 0 Å². The van der Waals surface area contributed by atoms with E-state index < -0.39 is 181 Å². The van der Waals surface area contributed by atoms with Crippen molar-refractivity contribution < 1.29 is 137 Å². The average Bonchev–Trinajstić information content (AvgIpc) is 3.67. The number of ketones is 5. The summed E-state index contributed by atoms with van der Waals surface area (Å²) in [6.07, 6.45) is -9.93. The summed E-state index contributed by atoms with van der Waals surface area (Å²) in [6.45, 7) is 8.64. The molecule has 428 valence electrons. The van der Waals surface area contributed by atoms with Crippen LogP contribution in [0.3, 0.4) is 0 Å². The number of cyclic esters (lactones) is 4. The van der Waals surface area contributed by atoms with E-state index in [4.69, 9.17) is 40.0 Å². The van der Waals surface area contributed by atoms with Crippen molar-refractivity contribution in [3.05, 3.63) is 0 Å². The molecule has 0 aromatic heterocycles. The second-order valence-electron chi connectivity index (χ2n) is 18.4. The topological polar surface area (TPSA) is 501 Å². The van der Waals surface area contributed by atoms with Gasteiger partial charge < -0.3 is 90.5 Å². The molecule has 4 aliphatic rings. The maximum atomic E-state index is 12.1. The number of rotatable bonds is 19. The average molecular weight is 1090 g/mol. The fraction of sp³-hybridized carbons (Fsp3) is 0.733. The van der Waals surface area contributed by atoms with Crippen molar-refractivity contribution in [1.82, 2.24) is 5.32 Å². The van der Waals surface area contributed by atoms with E-state index in [1.165, 1.54) is 28.1 Å². The van der Waals surface area contributed by atoms with E-state index in [0.29, 0.717) is 0 Å². The minimum Gasteiger partial charge on any atom is -0.479 e. The number of carboxylic acids is 2.